The van der Waals surface area contributed by atoms with Crippen LogP contribution in [0.2, 0.25) is 0 Å². The van der Waals surface area contributed by atoms with E-state index in [2.05, 4.69) is 20.9 Å². The van der Waals surface area contributed by atoms with Gasteiger partial charge in [-0.05, 0) is 52.5 Å². The van der Waals surface area contributed by atoms with E-state index in [0.29, 0.717) is 5.88 Å². The number of benzene rings is 1. The van der Waals surface area contributed by atoms with Crippen LogP contribution < -0.4 is 4.74 Å². The third-order valence-corrected chi connectivity index (χ3v) is 3.19. The highest BCUT2D eigenvalue weighted by molar-refractivity contribution is 9.10. The quantitative estimate of drug-likeness (QED) is 0.786. The minimum Gasteiger partial charge on any atom is -0.439 e. The van der Waals surface area contributed by atoms with Crippen molar-refractivity contribution < 1.29 is 4.74 Å². The topological polar surface area (TPSA) is 22.1 Å². The molecular weight excluding hydrogens is 286 g/mol. The van der Waals surface area contributed by atoms with E-state index in [1.165, 1.54) is 4.90 Å². The zero-order chi connectivity index (χ0) is 11.4. The summed E-state index contributed by atoms with van der Waals surface area (Å²) in [4.78, 5) is 5.36. The van der Waals surface area contributed by atoms with E-state index in [-0.39, 0.29) is 0 Å². The second-order valence-electron chi connectivity index (χ2n) is 3.09. The predicted molar refractivity (Wildman–Crippen MR) is 70.2 cm³/mol. The number of ether oxygens (including phenoxy) is 1. The van der Waals surface area contributed by atoms with Crippen LogP contribution in [0, 0.1) is 0 Å². The second-order valence-corrected chi connectivity index (χ2v) is 4.89. The van der Waals surface area contributed by atoms with Crippen LogP contribution in [-0.2, 0) is 0 Å². The van der Waals surface area contributed by atoms with Gasteiger partial charge >= 0.3 is 0 Å². The van der Waals surface area contributed by atoms with Gasteiger partial charge in [0.2, 0.25) is 5.88 Å². The van der Waals surface area contributed by atoms with Crippen molar-refractivity contribution >= 4 is 27.7 Å². The first-order valence-electron chi connectivity index (χ1n) is 4.71. The smallest absolute Gasteiger partial charge is 0.219 e. The van der Waals surface area contributed by atoms with Gasteiger partial charge in [0.25, 0.3) is 0 Å². The second kappa shape index (κ2) is 5.37. The molecule has 0 unspecified atom stereocenters. The van der Waals surface area contributed by atoms with Gasteiger partial charge in [-0.1, -0.05) is 0 Å². The van der Waals surface area contributed by atoms with E-state index in [4.69, 9.17) is 4.74 Å². The van der Waals surface area contributed by atoms with Gasteiger partial charge in [0, 0.05) is 21.6 Å². The highest BCUT2D eigenvalue weighted by Gasteiger charge is 1.98. The first-order chi connectivity index (χ1) is 7.78. The Labute approximate surface area is 107 Å². The molecular formula is C12H10BrNOS. The van der Waals surface area contributed by atoms with Gasteiger partial charge in [0.05, 0.1) is 0 Å². The molecule has 16 heavy (non-hydrogen) atoms. The van der Waals surface area contributed by atoms with E-state index in [1.54, 1.807) is 18.0 Å². The standard InChI is InChI=1S/C12H10BrNOS/c1-16-11-5-3-10(4-6-11)15-12-7-2-9(13)8-14-12/h2-8H,1H3. The maximum absolute atomic E-state index is 5.59. The van der Waals surface area contributed by atoms with Gasteiger partial charge in [0.1, 0.15) is 5.75 Å². The molecule has 0 N–H and O–H groups in total. The first-order valence-corrected chi connectivity index (χ1v) is 6.73. The van der Waals surface area contributed by atoms with Crippen molar-refractivity contribution in [3.05, 3.63) is 47.1 Å². The number of nitrogens with zero attached hydrogens (tertiary/aromatic N) is 1. The summed E-state index contributed by atoms with van der Waals surface area (Å²) >= 11 is 5.04. The van der Waals surface area contributed by atoms with Crippen LogP contribution >= 0.6 is 27.7 Å². The van der Waals surface area contributed by atoms with Gasteiger partial charge in [-0.2, -0.15) is 0 Å². The monoisotopic (exact) mass is 295 g/mol. The lowest BCUT2D eigenvalue weighted by Crippen LogP contribution is -1.86. The predicted octanol–water partition coefficient (Wildman–Crippen LogP) is 4.36. The fourth-order valence-electron chi connectivity index (χ4n) is 1.19. The molecule has 0 aliphatic carbocycles. The third kappa shape index (κ3) is 3.00. The van der Waals surface area contributed by atoms with Gasteiger partial charge in [-0.15, -0.1) is 11.8 Å². The van der Waals surface area contributed by atoms with E-state index >= 15 is 0 Å². The minimum absolute atomic E-state index is 0.597. The van der Waals surface area contributed by atoms with Gasteiger partial charge in [-0.3, -0.25) is 0 Å². The number of pyridine rings is 1. The maximum Gasteiger partial charge on any atom is 0.219 e. The first kappa shape index (κ1) is 11.5. The Balaban J connectivity index is 2.11. The number of aromatic nitrogens is 1. The summed E-state index contributed by atoms with van der Waals surface area (Å²) in [7, 11) is 0. The molecule has 0 amide bonds. The lowest BCUT2D eigenvalue weighted by molar-refractivity contribution is 0.462. The average Bonchev–Trinajstić information content (AvgIpc) is 2.33. The number of hydrogen-bond donors (Lipinski definition) is 0. The van der Waals surface area contributed by atoms with Crippen LogP contribution in [0.5, 0.6) is 11.6 Å². The number of hydrogen-bond acceptors (Lipinski definition) is 3. The van der Waals surface area contributed by atoms with Gasteiger partial charge < -0.3 is 4.74 Å². The molecule has 1 aromatic heterocycles. The fourth-order valence-corrected chi connectivity index (χ4v) is 1.83. The largest absolute Gasteiger partial charge is 0.439 e. The SMILES string of the molecule is CSc1ccc(Oc2ccc(Br)cn2)cc1. The van der Waals surface area contributed by atoms with Crippen LogP contribution in [0.1, 0.15) is 0 Å². The lowest BCUT2D eigenvalue weighted by Gasteiger charge is -2.04. The summed E-state index contributed by atoms with van der Waals surface area (Å²) in [6.07, 6.45) is 3.76. The van der Waals surface area contributed by atoms with E-state index < -0.39 is 0 Å². The molecule has 1 aromatic carbocycles. The molecule has 0 radical (unpaired) electrons. The minimum atomic E-state index is 0.597. The molecule has 0 aliphatic heterocycles. The molecule has 0 fully saturated rings. The van der Waals surface area contributed by atoms with Crippen molar-refractivity contribution in [1.82, 2.24) is 4.98 Å². The Morgan fingerprint density at radius 2 is 1.88 bits per heavy atom. The summed E-state index contributed by atoms with van der Waals surface area (Å²) in [5.41, 5.74) is 0. The van der Waals surface area contributed by atoms with E-state index in [1.807, 2.05) is 42.7 Å². The maximum atomic E-state index is 5.59. The highest BCUT2D eigenvalue weighted by Crippen LogP contribution is 2.23. The van der Waals surface area contributed by atoms with Crippen LogP contribution in [-0.4, -0.2) is 11.2 Å². The number of halogens is 1. The Morgan fingerprint density at radius 3 is 2.44 bits per heavy atom. The third-order valence-electron chi connectivity index (χ3n) is 1.98. The molecule has 2 rings (SSSR count). The summed E-state index contributed by atoms with van der Waals surface area (Å²) in [6.45, 7) is 0. The van der Waals surface area contributed by atoms with Crippen LogP contribution in [0.3, 0.4) is 0 Å². The molecule has 0 saturated heterocycles. The van der Waals surface area contributed by atoms with E-state index in [9.17, 15) is 0 Å². The van der Waals surface area contributed by atoms with Crippen molar-refractivity contribution in [2.45, 2.75) is 4.90 Å². The summed E-state index contributed by atoms with van der Waals surface area (Å²) in [5, 5.41) is 0. The summed E-state index contributed by atoms with van der Waals surface area (Å²) in [5.74, 6) is 1.40. The molecule has 0 saturated carbocycles. The van der Waals surface area contributed by atoms with Gasteiger partial charge in [-0.25, -0.2) is 4.98 Å². The van der Waals surface area contributed by atoms with Crippen molar-refractivity contribution in [1.29, 1.82) is 0 Å². The normalized spacial score (nSPS) is 10.1. The Bertz CT molecular complexity index is 455. The number of rotatable bonds is 3. The highest BCUT2D eigenvalue weighted by atomic mass is 79.9. The molecule has 0 spiro atoms. The zero-order valence-electron chi connectivity index (χ0n) is 8.68. The number of thioether (sulfide) groups is 1. The molecule has 0 atom stereocenters. The average molecular weight is 296 g/mol. The van der Waals surface area contributed by atoms with Crippen LogP contribution in [0.15, 0.2) is 52.0 Å². The molecule has 1 heterocycles. The Hall–Kier alpha value is -1.00. The zero-order valence-corrected chi connectivity index (χ0v) is 11.1. The summed E-state index contributed by atoms with van der Waals surface area (Å²) < 4.78 is 6.53. The lowest BCUT2D eigenvalue weighted by atomic mass is 10.3. The van der Waals surface area contributed by atoms with Crippen LogP contribution in [0.4, 0.5) is 0 Å². The van der Waals surface area contributed by atoms with E-state index in [0.717, 1.165) is 10.2 Å². The van der Waals surface area contributed by atoms with Crippen LogP contribution in [0.25, 0.3) is 0 Å². The summed E-state index contributed by atoms with van der Waals surface area (Å²) in [6, 6.07) is 11.7. The molecule has 0 bridgehead atoms. The van der Waals surface area contributed by atoms with Crippen molar-refractivity contribution in [3.8, 4) is 11.6 Å². The van der Waals surface area contributed by atoms with Crippen molar-refractivity contribution in [2.24, 2.45) is 0 Å². The molecule has 2 aromatic rings. The van der Waals surface area contributed by atoms with Crippen molar-refractivity contribution in [3.63, 3.8) is 0 Å². The molecule has 0 aliphatic rings. The Morgan fingerprint density at radius 1 is 1.12 bits per heavy atom. The Kier molecular flexibility index (Phi) is 3.85. The van der Waals surface area contributed by atoms with Crippen molar-refractivity contribution in [2.75, 3.05) is 6.26 Å². The fraction of sp³-hybridized carbons (Fsp3) is 0.0833. The molecule has 82 valence electrons. The molecule has 2 nitrogen and oxygen atoms in total. The molecule has 4 heteroatoms. The van der Waals surface area contributed by atoms with Gasteiger partial charge in [0.15, 0.2) is 0 Å².